The third-order valence-electron chi connectivity index (χ3n) is 2.46. The molecule has 106 valence electrons. The standard InChI is InChI=1S/C12H10F3N3OS/c13-12(14,15)10-2-1-8(4-18-10)17-5-9-3-7(6-20-9)11(16)19/h1-4,6,17H,5H2,(H2,16,19). The lowest BCUT2D eigenvalue weighted by molar-refractivity contribution is -0.141. The molecule has 0 saturated heterocycles. The largest absolute Gasteiger partial charge is 0.433 e. The first-order valence-electron chi connectivity index (χ1n) is 5.50. The molecule has 3 N–H and O–H groups in total. The Hall–Kier alpha value is -2.09. The monoisotopic (exact) mass is 301 g/mol. The van der Waals surface area contributed by atoms with Crippen molar-refractivity contribution in [1.82, 2.24) is 4.98 Å². The minimum absolute atomic E-state index is 0.380. The summed E-state index contributed by atoms with van der Waals surface area (Å²) in [6.07, 6.45) is -3.33. The molecule has 0 unspecified atom stereocenters. The van der Waals surface area contributed by atoms with Gasteiger partial charge in [-0.3, -0.25) is 4.79 Å². The first kappa shape index (κ1) is 14.3. The molecule has 0 aromatic carbocycles. The lowest BCUT2D eigenvalue weighted by Gasteiger charge is -2.07. The molecule has 20 heavy (non-hydrogen) atoms. The van der Waals surface area contributed by atoms with Gasteiger partial charge in [0, 0.05) is 16.8 Å². The Bertz CT molecular complexity index is 607. The number of hydrogen-bond acceptors (Lipinski definition) is 4. The summed E-state index contributed by atoms with van der Waals surface area (Å²) in [5.41, 5.74) is 5.07. The maximum absolute atomic E-state index is 12.3. The van der Waals surface area contributed by atoms with E-state index in [1.54, 1.807) is 11.4 Å². The van der Waals surface area contributed by atoms with Gasteiger partial charge in [-0.15, -0.1) is 11.3 Å². The first-order valence-corrected chi connectivity index (χ1v) is 6.38. The molecule has 0 radical (unpaired) electrons. The van der Waals surface area contributed by atoms with Gasteiger partial charge in [0.2, 0.25) is 5.91 Å². The molecule has 4 nitrogen and oxygen atoms in total. The van der Waals surface area contributed by atoms with E-state index in [2.05, 4.69) is 10.3 Å². The fourth-order valence-electron chi connectivity index (χ4n) is 1.46. The van der Waals surface area contributed by atoms with E-state index >= 15 is 0 Å². The second-order valence-corrected chi connectivity index (χ2v) is 4.95. The van der Waals surface area contributed by atoms with Crippen LogP contribution >= 0.6 is 11.3 Å². The van der Waals surface area contributed by atoms with Crippen molar-refractivity contribution in [2.45, 2.75) is 12.7 Å². The maximum atomic E-state index is 12.3. The van der Waals surface area contributed by atoms with Gasteiger partial charge in [-0.2, -0.15) is 13.2 Å². The van der Waals surface area contributed by atoms with Crippen LogP contribution < -0.4 is 11.1 Å². The zero-order valence-electron chi connectivity index (χ0n) is 10.1. The fourth-order valence-corrected chi connectivity index (χ4v) is 2.27. The molecule has 0 aliphatic rings. The number of nitrogens with one attached hydrogen (secondary N) is 1. The number of nitrogens with zero attached hydrogens (tertiary/aromatic N) is 1. The highest BCUT2D eigenvalue weighted by Gasteiger charge is 2.31. The van der Waals surface area contributed by atoms with Gasteiger partial charge in [-0.05, 0) is 18.2 Å². The van der Waals surface area contributed by atoms with Gasteiger partial charge in [0.25, 0.3) is 0 Å². The van der Waals surface area contributed by atoms with E-state index in [4.69, 9.17) is 5.73 Å². The third-order valence-corrected chi connectivity index (χ3v) is 3.40. The number of nitrogens with two attached hydrogens (primary N) is 1. The number of pyridine rings is 1. The van der Waals surface area contributed by atoms with Crippen LogP contribution in [0.25, 0.3) is 0 Å². The van der Waals surface area contributed by atoms with Gasteiger partial charge in [0.1, 0.15) is 5.69 Å². The van der Waals surface area contributed by atoms with Gasteiger partial charge >= 0.3 is 6.18 Å². The van der Waals surface area contributed by atoms with Crippen molar-refractivity contribution >= 4 is 22.9 Å². The number of halogens is 3. The van der Waals surface area contributed by atoms with Crippen LogP contribution in [0.2, 0.25) is 0 Å². The maximum Gasteiger partial charge on any atom is 0.433 e. The molecule has 1 amide bonds. The van der Waals surface area contributed by atoms with Crippen LogP contribution in [0.4, 0.5) is 18.9 Å². The number of anilines is 1. The van der Waals surface area contributed by atoms with E-state index in [-0.39, 0.29) is 0 Å². The quantitative estimate of drug-likeness (QED) is 0.912. The van der Waals surface area contributed by atoms with Gasteiger partial charge < -0.3 is 11.1 Å². The Morgan fingerprint density at radius 2 is 2.15 bits per heavy atom. The highest BCUT2D eigenvalue weighted by molar-refractivity contribution is 7.10. The normalized spacial score (nSPS) is 11.3. The van der Waals surface area contributed by atoms with Crippen LogP contribution in [0.5, 0.6) is 0 Å². The Morgan fingerprint density at radius 3 is 2.65 bits per heavy atom. The minimum Gasteiger partial charge on any atom is -0.379 e. The summed E-state index contributed by atoms with van der Waals surface area (Å²) in [4.78, 5) is 15.1. The molecule has 8 heteroatoms. The smallest absolute Gasteiger partial charge is 0.379 e. The van der Waals surface area contributed by atoms with Crippen LogP contribution in [0.1, 0.15) is 20.9 Å². The van der Waals surface area contributed by atoms with Crippen LogP contribution in [-0.4, -0.2) is 10.9 Å². The number of hydrogen-bond donors (Lipinski definition) is 2. The zero-order chi connectivity index (χ0) is 14.8. The van der Waals surface area contributed by atoms with Crippen molar-refractivity contribution in [2.24, 2.45) is 5.73 Å². The van der Waals surface area contributed by atoms with E-state index in [0.29, 0.717) is 17.8 Å². The number of carbonyl (C=O) groups excluding carboxylic acids is 1. The topological polar surface area (TPSA) is 68.0 Å². The molecule has 0 aliphatic carbocycles. The third kappa shape index (κ3) is 3.47. The number of alkyl halides is 3. The van der Waals surface area contributed by atoms with Crippen molar-refractivity contribution < 1.29 is 18.0 Å². The average Bonchev–Trinajstić information content (AvgIpc) is 2.85. The van der Waals surface area contributed by atoms with Crippen molar-refractivity contribution in [3.05, 3.63) is 45.9 Å². The van der Waals surface area contributed by atoms with Crippen LogP contribution in [0, 0.1) is 0 Å². The van der Waals surface area contributed by atoms with Crippen molar-refractivity contribution in [1.29, 1.82) is 0 Å². The minimum atomic E-state index is -4.44. The Labute approximate surface area is 116 Å². The van der Waals surface area contributed by atoms with E-state index in [1.165, 1.54) is 17.4 Å². The van der Waals surface area contributed by atoms with Gasteiger partial charge in [-0.25, -0.2) is 4.98 Å². The second-order valence-electron chi connectivity index (χ2n) is 3.95. The molecular formula is C12H10F3N3OS. The molecule has 2 aromatic rings. The Morgan fingerprint density at radius 1 is 1.40 bits per heavy atom. The number of carbonyl (C=O) groups is 1. The molecule has 2 aromatic heterocycles. The molecule has 0 bridgehead atoms. The molecule has 2 rings (SSSR count). The molecular weight excluding hydrogens is 291 g/mol. The van der Waals surface area contributed by atoms with Gasteiger partial charge in [0.05, 0.1) is 17.4 Å². The highest BCUT2D eigenvalue weighted by Crippen LogP contribution is 2.27. The van der Waals surface area contributed by atoms with Crippen LogP contribution in [-0.2, 0) is 12.7 Å². The molecule has 0 spiro atoms. The zero-order valence-corrected chi connectivity index (χ0v) is 10.9. The lowest BCUT2D eigenvalue weighted by atomic mass is 10.3. The number of rotatable bonds is 4. The van der Waals surface area contributed by atoms with E-state index < -0.39 is 17.8 Å². The number of thiophene rings is 1. The van der Waals surface area contributed by atoms with Gasteiger partial charge in [0.15, 0.2) is 0 Å². The molecule has 0 saturated carbocycles. The molecule has 2 heterocycles. The highest BCUT2D eigenvalue weighted by atomic mass is 32.1. The Kier molecular flexibility index (Phi) is 3.93. The number of amides is 1. The Balaban J connectivity index is 1.98. The summed E-state index contributed by atoms with van der Waals surface area (Å²) in [5, 5.41) is 4.55. The summed E-state index contributed by atoms with van der Waals surface area (Å²) in [6.45, 7) is 0.380. The predicted octanol–water partition coefficient (Wildman–Crippen LogP) is 2.87. The number of aromatic nitrogens is 1. The lowest BCUT2D eigenvalue weighted by Crippen LogP contribution is -2.09. The van der Waals surface area contributed by atoms with Crippen molar-refractivity contribution in [3.63, 3.8) is 0 Å². The molecule has 0 aliphatic heterocycles. The van der Waals surface area contributed by atoms with Gasteiger partial charge in [-0.1, -0.05) is 0 Å². The van der Waals surface area contributed by atoms with Crippen molar-refractivity contribution in [2.75, 3.05) is 5.32 Å². The molecule has 0 fully saturated rings. The van der Waals surface area contributed by atoms with E-state index in [9.17, 15) is 18.0 Å². The summed E-state index contributed by atoms with van der Waals surface area (Å²) in [6, 6.07) is 3.85. The van der Waals surface area contributed by atoms with Crippen LogP contribution in [0.15, 0.2) is 29.8 Å². The van der Waals surface area contributed by atoms with E-state index in [1.807, 2.05) is 0 Å². The first-order chi connectivity index (χ1) is 9.36. The average molecular weight is 301 g/mol. The molecule has 0 atom stereocenters. The van der Waals surface area contributed by atoms with E-state index in [0.717, 1.165) is 17.1 Å². The summed E-state index contributed by atoms with van der Waals surface area (Å²) < 4.78 is 37.0. The predicted molar refractivity (Wildman–Crippen MR) is 69.4 cm³/mol. The van der Waals surface area contributed by atoms with Crippen molar-refractivity contribution in [3.8, 4) is 0 Å². The fraction of sp³-hybridized carbons (Fsp3) is 0.167. The summed E-state index contributed by atoms with van der Waals surface area (Å²) >= 11 is 1.34. The summed E-state index contributed by atoms with van der Waals surface area (Å²) in [7, 11) is 0. The second kappa shape index (κ2) is 5.49. The van der Waals surface area contributed by atoms with Crippen LogP contribution in [0.3, 0.4) is 0 Å². The number of primary amides is 1. The SMILES string of the molecule is NC(=O)c1csc(CNc2ccc(C(F)(F)F)nc2)c1. The summed E-state index contributed by atoms with van der Waals surface area (Å²) in [5.74, 6) is -0.510.